The summed E-state index contributed by atoms with van der Waals surface area (Å²) in [6.45, 7) is 1.45. The van der Waals surface area contributed by atoms with Crippen LogP contribution in [0.25, 0.3) is 22.3 Å². The van der Waals surface area contributed by atoms with E-state index >= 15 is 0 Å². The highest BCUT2D eigenvalue weighted by molar-refractivity contribution is 6.30. The molecule has 0 radical (unpaired) electrons. The summed E-state index contributed by atoms with van der Waals surface area (Å²) in [4.78, 5) is 17.1. The van der Waals surface area contributed by atoms with Crippen molar-refractivity contribution in [2.45, 2.75) is 19.9 Å². The molecule has 1 N–H and O–H groups in total. The number of carbonyl (C=O) groups is 1. The normalized spacial score (nSPS) is 11.2. The van der Waals surface area contributed by atoms with Gasteiger partial charge in [-0.3, -0.25) is 4.79 Å². The Hall–Kier alpha value is -3.32. The molecule has 0 atom stereocenters. The van der Waals surface area contributed by atoms with Gasteiger partial charge in [0.2, 0.25) is 5.91 Å². The second-order valence-electron chi connectivity index (χ2n) is 6.76. The van der Waals surface area contributed by atoms with Gasteiger partial charge in [-0.15, -0.1) is 0 Å². The molecule has 0 fully saturated rings. The molecule has 30 heavy (non-hydrogen) atoms. The number of carbonyl (C=O) groups excluding carboxylic acids is 1. The van der Waals surface area contributed by atoms with E-state index in [-0.39, 0.29) is 29.0 Å². The molecule has 0 aliphatic carbocycles. The fraction of sp³-hybridized carbons (Fsp3) is 0.136. The molecule has 2 heterocycles. The second kappa shape index (κ2) is 8.20. The van der Waals surface area contributed by atoms with Crippen molar-refractivity contribution in [2.24, 2.45) is 0 Å². The van der Waals surface area contributed by atoms with Crippen LogP contribution in [0.5, 0.6) is 0 Å². The molecular weight excluding hydrogens is 410 g/mol. The minimum atomic E-state index is -2.70. The highest BCUT2D eigenvalue weighted by atomic mass is 35.5. The van der Waals surface area contributed by atoms with Gasteiger partial charge in [0.05, 0.1) is 16.8 Å². The summed E-state index contributed by atoms with van der Waals surface area (Å²) in [7, 11) is 0. The van der Waals surface area contributed by atoms with Gasteiger partial charge in [0.1, 0.15) is 6.54 Å². The van der Waals surface area contributed by atoms with Gasteiger partial charge in [0.25, 0.3) is 6.43 Å². The third kappa shape index (κ3) is 4.02. The minimum absolute atomic E-state index is 0.155. The molecule has 4 rings (SSSR count). The molecule has 0 aliphatic rings. The van der Waals surface area contributed by atoms with E-state index in [0.717, 1.165) is 0 Å². The van der Waals surface area contributed by atoms with Crippen molar-refractivity contribution >= 4 is 34.2 Å². The molecule has 1 amide bonds. The Morgan fingerprint density at radius 2 is 1.90 bits per heavy atom. The highest BCUT2D eigenvalue weighted by Gasteiger charge is 2.22. The molecular formula is C22H17ClF2N4O. The van der Waals surface area contributed by atoms with Crippen molar-refractivity contribution in [3.05, 3.63) is 76.9 Å². The number of hydrogen-bond donors (Lipinski definition) is 1. The topological polar surface area (TPSA) is 59.8 Å². The number of rotatable bonds is 5. The van der Waals surface area contributed by atoms with Gasteiger partial charge in [-0.1, -0.05) is 48.0 Å². The van der Waals surface area contributed by atoms with Crippen LogP contribution in [0.2, 0.25) is 5.02 Å². The van der Waals surface area contributed by atoms with E-state index in [4.69, 9.17) is 11.6 Å². The predicted molar refractivity (Wildman–Crippen MR) is 113 cm³/mol. The zero-order chi connectivity index (χ0) is 21.3. The van der Waals surface area contributed by atoms with E-state index in [1.54, 1.807) is 43.3 Å². The van der Waals surface area contributed by atoms with E-state index < -0.39 is 6.43 Å². The van der Waals surface area contributed by atoms with E-state index in [1.165, 1.54) is 10.7 Å². The largest absolute Gasteiger partial charge is 0.324 e. The standard InChI is InChI=1S/C22H17ClF2N4O/c1-13-20-17(21(24)25)11-18(14-6-3-2-4-7-14)27-22(20)29(28-13)12-19(30)26-16-9-5-8-15(23)10-16/h2-11,21H,12H2,1H3,(H,26,30). The van der Waals surface area contributed by atoms with Crippen molar-refractivity contribution in [2.75, 3.05) is 5.32 Å². The van der Waals surface area contributed by atoms with Crippen molar-refractivity contribution < 1.29 is 13.6 Å². The van der Waals surface area contributed by atoms with Gasteiger partial charge in [-0.2, -0.15) is 5.10 Å². The molecule has 0 bridgehead atoms. The summed E-state index contributed by atoms with van der Waals surface area (Å²) in [5.74, 6) is -0.368. The van der Waals surface area contributed by atoms with Crippen LogP contribution in [0.1, 0.15) is 17.7 Å². The van der Waals surface area contributed by atoms with Gasteiger partial charge < -0.3 is 5.32 Å². The maximum absolute atomic E-state index is 13.8. The molecule has 2 aromatic heterocycles. The lowest BCUT2D eigenvalue weighted by Crippen LogP contribution is -2.19. The number of aromatic nitrogens is 3. The SMILES string of the molecule is Cc1nn(CC(=O)Nc2cccc(Cl)c2)c2nc(-c3ccccc3)cc(C(F)F)c12. The number of fused-ring (bicyclic) bond motifs is 1. The minimum Gasteiger partial charge on any atom is -0.324 e. The van der Waals surface area contributed by atoms with E-state index in [1.807, 2.05) is 18.2 Å². The van der Waals surface area contributed by atoms with Crippen LogP contribution in [0.4, 0.5) is 14.5 Å². The Morgan fingerprint density at radius 1 is 1.13 bits per heavy atom. The number of anilines is 1. The number of aryl methyl sites for hydroxylation is 1. The smallest absolute Gasteiger partial charge is 0.264 e. The zero-order valence-electron chi connectivity index (χ0n) is 15.9. The first-order valence-corrected chi connectivity index (χ1v) is 9.57. The van der Waals surface area contributed by atoms with Crippen LogP contribution in [0.15, 0.2) is 60.7 Å². The van der Waals surface area contributed by atoms with Crippen LogP contribution < -0.4 is 5.32 Å². The number of amides is 1. The monoisotopic (exact) mass is 426 g/mol. The van der Waals surface area contributed by atoms with Crippen molar-refractivity contribution in [3.63, 3.8) is 0 Å². The lowest BCUT2D eigenvalue weighted by Gasteiger charge is -2.09. The van der Waals surface area contributed by atoms with Gasteiger partial charge in [0, 0.05) is 21.8 Å². The van der Waals surface area contributed by atoms with E-state index in [2.05, 4.69) is 15.4 Å². The number of pyridine rings is 1. The number of nitrogens with one attached hydrogen (secondary N) is 1. The van der Waals surface area contributed by atoms with E-state index in [9.17, 15) is 13.6 Å². The average Bonchev–Trinajstić information content (AvgIpc) is 3.03. The van der Waals surface area contributed by atoms with Crippen LogP contribution in [-0.2, 0) is 11.3 Å². The van der Waals surface area contributed by atoms with Gasteiger partial charge in [0.15, 0.2) is 5.65 Å². The van der Waals surface area contributed by atoms with Crippen molar-refractivity contribution in [1.82, 2.24) is 14.8 Å². The van der Waals surface area contributed by atoms with Crippen molar-refractivity contribution in [1.29, 1.82) is 0 Å². The molecule has 0 saturated heterocycles. The number of alkyl halides is 2. The lowest BCUT2D eigenvalue weighted by atomic mass is 10.1. The first-order chi connectivity index (χ1) is 14.4. The molecule has 152 valence electrons. The Balaban J connectivity index is 1.75. The Bertz CT molecular complexity index is 1220. The molecule has 0 unspecified atom stereocenters. The summed E-state index contributed by atoms with van der Waals surface area (Å²) in [5, 5.41) is 7.78. The van der Waals surface area contributed by atoms with E-state index in [0.29, 0.717) is 27.7 Å². The van der Waals surface area contributed by atoms with Crippen molar-refractivity contribution in [3.8, 4) is 11.3 Å². The van der Waals surface area contributed by atoms with Crippen LogP contribution >= 0.6 is 11.6 Å². The Kier molecular flexibility index (Phi) is 5.46. The van der Waals surface area contributed by atoms with Crippen LogP contribution in [0, 0.1) is 6.92 Å². The number of benzene rings is 2. The summed E-state index contributed by atoms with van der Waals surface area (Å²) < 4.78 is 29.0. The third-order valence-corrected chi connectivity index (χ3v) is 4.85. The number of nitrogens with zero attached hydrogens (tertiary/aromatic N) is 3. The molecule has 4 aromatic rings. The maximum atomic E-state index is 13.8. The lowest BCUT2D eigenvalue weighted by molar-refractivity contribution is -0.116. The number of halogens is 3. The maximum Gasteiger partial charge on any atom is 0.264 e. The van der Waals surface area contributed by atoms with Crippen LogP contribution in [-0.4, -0.2) is 20.7 Å². The molecule has 0 aliphatic heterocycles. The second-order valence-corrected chi connectivity index (χ2v) is 7.20. The molecule has 0 spiro atoms. The summed E-state index contributed by atoms with van der Waals surface area (Å²) in [5.41, 5.74) is 2.11. The Labute approximate surface area is 176 Å². The fourth-order valence-electron chi connectivity index (χ4n) is 3.33. The predicted octanol–water partition coefficient (Wildman–Crippen LogP) is 5.64. The van der Waals surface area contributed by atoms with Crippen LogP contribution in [0.3, 0.4) is 0 Å². The fourth-order valence-corrected chi connectivity index (χ4v) is 3.52. The summed E-state index contributed by atoms with van der Waals surface area (Å²) in [6, 6.07) is 17.2. The first kappa shape index (κ1) is 20.0. The summed E-state index contributed by atoms with van der Waals surface area (Å²) >= 11 is 5.94. The Morgan fingerprint density at radius 3 is 2.60 bits per heavy atom. The number of hydrogen-bond acceptors (Lipinski definition) is 3. The van der Waals surface area contributed by atoms with Gasteiger partial charge in [-0.25, -0.2) is 18.4 Å². The molecule has 0 saturated carbocycles. The van der Waals surface area contributed by atoms with Gasteiger partial charge in [-0.05, 0) is 31.2 Å². The highest BCUT2D eigenvalue weighted by Crippen LogP contribution is 2.33. The molecule has 2 aromatic carbocycles. The zero-order valence-corrected chi connectivity index (χ0v) is 16.7. The molecule has 5 nitrogen and oxygen atoms in total. The molecule has 8 heteroatoms. The van der Waals surface area contributed by atoms with Gasteiger partial charge >= 0.3 is 0 Å². The summed E-state index contributed by atoms with van der Waals surface area (Å²) in [6.07, 6.45) is -2.70. The average molecular weight is 427 g/mol. The first-order valence-electron chi connectivity index (χ1n) is 9.19. The quantitative estimate of drug-likeness (QED) is 0.449. The third-order valence-electron chi connectivity index (χ3n) is 4.61.